The first-order valence-electron chi connectivity index (χ1n) is 6.97. The third-order valence-corrected chi connectivity index (χ3v) is 3.29. The molecule has 1 aromatic carbocycles. The van der Waals surface area contributed by atoms with E-state index in [1.807, 2.05) is 13.1 Å². The Hall–Kier alpha value is -2.77. The second kappa shape index (κ2) is 6.15. The van der Waals surface area contributed by atoms with Crippen LogP contribution in [-0.4, -0.2) is 26.4 Å². The van der Waals surface area contributed by atoms with Crippen molar-refractivity contribution in [2.45, 2.75) is 20.1 Å². The van der Waals surface area contributed by atoms with Gasteiger partial charge >= 0.3 is 6.61 Å². The third kappa shape index (κ3) is 3.36. The molecule has 0 radical (unpaired) electrons. The van der Waals surface area contributed by atoms with Gasteiger partial charge in [-0.05, 0) is 24.6 Å². The second-order valence-electron chi connectivity index (χ2n) is 5.00. The van der Waals surface area contributed by atoms with Crippen molar-refractivity contribution in [3.05, 3.63) is 41.9 Å². The van der Waals surface area contributed by atoms with Crippen LogP contribution in [-0.2, 0) is 13.6 Å². The minimum Gasteiger partial charge on any atom is -0.435 e. The summed E-state index contributed by atoms with van der Waals surface area (Å²) in [6, 6.07) is 6.54. The average Bonchev–Trinajstić information content (AvgIpc) is 2.86. The summed E-state index contributed by atoms with van der Waals surface area (Å²) in [6.45, 7) is -0.618. The highest BCUT2D eigenvalue weighted by Gasteiger charge is 2.10. The molecule has 0 unspecified atom stereocenters. The molecule has 0 aliphatic rings. The van der Waals surface area contributed by atoms with Crippen LogP contribution in [0.1, 0.15) is 11.4 Å². The fraction of sp³-hybridized carbons (Fsp3) is 0.267. The van der Waals surface area contributed by atoms with Crippen LogP contribution in [0, 0.1) is 6.92 Å². The summed E-state index contributed by atoms with van der Waals surface area (Å²) >= 11 is 0. The first-order chi connectivity index (χ1) is 11.0. The van der Waals surface area contributed by atoms with Crippen molar-refractivity contribution in [1.29, 1.82) is 0 Å². The van der Waals surface area contributed by atoms with E-state index in [0.29, 0.717) is 18.2 Å². The number of hydrogen-bond acceptors (Lipinski definition) is 5. The molecule has 0 aliphatic carbocycles. The van der Waals surface area contributed by atoms with E-state index in [9.17, 15) is 8.78 Å². The normalized spacial score (nSPS) is 11.2. The van der Waals surface area contributed by atoms with Crippen LogP contribution in [0.15, 0.2) is 30.5 Å². The maximum Gasteiger partial charge on any atom is 0.387 e. The largest absolute Gasteiger partial charge is 0.435 e. The Morgan fingerprint density at radius 1 is 1.30 bits per heavy atom. The molecule has 2 heterocycles. The van der Waals surface area contributed by atoms with Crippen LogP contribution in [0.2, 0.25) is 0 Å². The van der Waals surface area contributed by atoms with E-state index in [1.165, 1.54) is 6.07 Å². The predicted molar refractivity (Wildman–Crippen MR) is 81.4 cm³/mol. The van der Waals surface area contributed by atoms with E-state index in [2.05, 4.69) is 25.1 Å². The van der Waals surface area contributed by atoms with Crippen molar-refractivity contribution < 1.29 is 13.5 Å². The SMILES string of the molecule is Cc1nc(NCc2cccc(OC(F)F)c2)c2cnn(C)c2n1. The van der Waals surface area contributed by atoms with Gasteiger partial charge in [-0.25, -0.2) is 9.97 Å². The minimum atomic E-state index is -2.84. The number of nitrogens with zero attached hydrogens (tertiary/aromatic N) is 4. The molecule has 6 nitrogen and oxygen atoms in total. The Balaban J connectivity index is 1.81. The van der Waals surface area contributed by atoms with Crippen molar-refractivity contribution in [1.82, 2.24) is 19.7 Å². The molecule has 0 saturated heterocycles. The highest BCUT2D eigenvalue weighted by molar-refractivity contribution is 5.86. The number of halogens is 2. The monoisotopic (exact) mass is 319 g/mol. The van der Waals surface area contributed by atoms with Gasteiger partial charge in [0.2, 0.25) is 0 Å². The van der Waals surface area contributed by atoms with Crippen LogP contribution in [0.3, 0.4) is 0 Å². The Morgan fingerprint density at radius 3 is 2.91 bits per heavy atom. The molecule has 0 fully saturated rings. The summed E-state index contributed by atoms with van der Waals surface area (Å²) in [5.74, 6) is 1.41. The van der Waals surface area contributed by atoms with Gasteiger partial charge < -0.3 is 10.1 Å². The summed E-state index contributed by atoms with van der Waals surface area (Å²) in [6.07, 6.45) is 1.69. The molecule has 0 spiro atoms. The zero-order valence-electron chi connectivity index (χ0n) is 12.6. The number of benzene rings is 1. The van der Waals surface area contributed by atoms with Gasteiger partial charge in [-0.1, -0.05) is 12.1 Å². The van der Waals surface area contributed by atoms with Gasteiger partial charge in [0.25, 0.3) is 0 Å². The van der Waals surface area contributed by atoms with Gasteiger partial charge in [-0.3, -0.25) is 4.68 Å². The van der Waals surface area contributed by atoms with Gasteiger partial charge in [-0.2, -0.15) is 13.9 Å². The topological polar surface area (TPSA) is 64.9 Å². The number of anilines is 1. The quantitative estimate of drug-likeness (QED) is 0.783. The van der Waals surface area contributed by atoms with E-state index >= 15 is 0 Å². The molecule has 0 amide bonds. The lowest BCUT2D eigenvalue weighted by Gasteiger charge is -2.09. The Labute approximate surface area is 131 Å². The van der Waals surface area contributed by atoms with Crippen LogP contribution >= 0.6 is 0 Å². The number of alkyl halides is 2. The number of hydrogen-bond donors (Lipinski definition) is 1. The lowest BCUT2D eigenvalue weighted by molar-refractivity contribution is -0.0498. The summed E-state index contributed by atoms with van der Waals surface area (Å²) in [7, 11) is 1.81. The molecule has 23 heavy (non-hydrogen) atoms. The average molecular weight is 319 g/mol. The fourth-order valence-corrected chi connectivity index (χ4v) is 2.28. The van der Waals surface area contributed by atoms with Gasteiger partial charge in [0.1, 0.15) is 17.4 Å². The molecular weight excluding hydrogens is 304 g/mol. The number of aryl methyl sites for hydroxylation is 2. The molecular formula is C15H15F2N5O. The summed E-state index contributed by atoms with van der Waals surface area (Å²) in [5.41, 5.74) is 1.53. The van der Waals surface area contributed by atoms with Crippen molar-refractivity contribution >= 4 is 16.9 Å². The van der Waals surface area contributed by atoms with Gasteiger partial charge in [0.15, 0.2) is 5.65 Å². The lowest BCUT2D eigenvalue weighted by atomic mass is 10.2. The predicted octanol–water partition coefficient (Wildman–Crippen LogP) is 2.89. The van der Waals surface area contributed by atoms with E-state index in [4.69, 9.17) is 0 Å². The number of ether oxygens (including phenoxy) is 1. The number of aromatic nitrogens is 4. The van der Waals surface area contributed by atoms with Crippen molar-refractivity contribution in [3.8, 4) is 5.75 Å². The highest BCUT2D eigenvalue weighted by Crippen LogP contribution is 2.21. The fourth-order valence-electron chi connectivity index (χ4n) is 2.28. The standard InChI is InChI=1S/C15H15F2N5O/c1-9-20-13(12-8-19-22(2)14(12)21-9)18-7-10-4-3-5-11(6-10)23-15(16)17/h3-6,8,15H,7H2,1-2H3,(H,18,20,21). The van der Waals surface area contributed by atoms with Crippen LogP contribution < -0.4 is 10.1 Å². The number of fused-ring (bicyclic) bond motifs is 1. The maximum absolute atomic E-state index is 12.3. The van der Waals surface area contributed by atoms with Crippen molar-refractivity contribution in [3.63, 3.8) is 0 Å². The van der Waals surface area contributed by atoms with Gasteiger partial charge in [0.05, 0.1) is 11.6 Å². The summed E-state index contributed by atoms with van der Waals surface area (Å²) < 4.78 is 30.6. The van der Waals surface area contributed by atoms with Crippen LogP contribution in [0.25, 0.3) is 11.0 Å². The Kier molecular flexibility index (Phi) is 4.05. The molecule has 3 rings (SSSR count). The Bertz CT molecular complexity index is 834. The molecule has 120 valence electrons. The molecule has 0 aliphatic heterocycles. The van der Waals surface area contributed by atoms with E-state index in [1.54, 1.807) is 29.9 Å². The van der Waals surface area contributed by atoms with Gasteiger partial charge in [-0.15, -0.1) is 0 Å². The minimum absolute atomic E-state index is 0.129. The second-order valence-corrected chi connectivity index (χ2v) is 5.00. The molecule has 0 bridgehead atoms. The first kappa shape index (κ1) is 15.1. The zero-order valence-corrected chi connectivity index (χ0v) is 12.6. The van der Waals surface area contributed by atoms with E-state index in [-0.39, 0.29) is 5.75 Å². The molecule has 0 atom stereocenters. The molecule has 2 aromatic heterocycles. The summed E-state index contributed by atoms with van der Waals surface area (Å²) in [4.78, 5) is 8.72. The zero-order chi connectivity index (χ0) is 16.4. The molecule has 8 heteroatoms. The number of rotatable bonds is 5. The van der Waals surface area contributed by atoms with Crippen LogP contribution in [0.5, 0.6) is 5.75 Å². The molecule has 1 N–H and O–H groups in total. The number of nitrogens with one attached hydrogen (secondary N) is 1. The molecule has 3 aromatic rings. The highest BCUT2D eigenvalue weighted by atomic mass is 19.3. The van der Waals surface area contributed by atoms with E-state index in [0.717, 1.165) is 16.6 Å². The van der Waals surface area contributed by atoms with Gasteiger partial charge in [0, 0.05) is 13.6 Å². The van der Waals surface area contributed by atoms with Crippen molar-refractivity contribution in [2.24, 2.45) is 7.05 Å². The summed E-state index contributed by atoms with van der Waals surface area (Å²) in [5, 5.41) is 8.17. The molecule has 0 saturated carbocycles. The Morgan fingerprint density at radius 2 is 2.13 bits per heavy atom. The third-order valence-electron chi connectivity index (χ3n) is 3.29. The smallest absolute Gasteiger partial charge is 0.387 e. The maximum atomic E-state index is 12.3. The van der Waals surface area contributed by atoms with Crippen LogP contribution in [0.4, 0.5) is 14.6 Å². The lowest BCUT2D eigenvalue weighted by Crippen LogP contribution is -2.06. The van der Waals surface area contributed by atoms with E-state index < -0.39 is 6.61 Å². The van der Waals surface area contributed by atoms with Crippen molar-refractivity contribution in [2.75, 3.05) is 5.32 Å². The first-order valence-corrected chi connectivity index (χ1v) is 6.97.